The first-order chi connectivity index (χ1) is 15.7. The van der Waals surface area contributed by atoms with Gasteiger partial charge < -0.3 is 4.74 Å². The van der Waals surface area contributed by atoms with Gasteiger partial charge >= 0.3 is 0 Å². The minimum atomic E-state index is 0.681. The van der Waals surface area contributed by atoms with Crippen molar-refractivity contribution in [1.82, 2.24) is 29.8 Å². The molecule has 0 bridgehead atoms. The number of halogens is 1. The maximum absolute atomic E-state index is 5.49. The Balaban J connectivity index is 1.29. The molecule has 0 spiro atoms. The third kappa shape index (κ3) is 4.37. The molecule has 160 valence electrons. The van der Waals surface area contributed by atoms with Crippen LogP contribution in [0.15, 0.2) is 65.9 Å². The van der Waals surface area contributed by atoms with Gasteiger partial charge in [-0.2, -0.15) is 0 Å². The summed E-state index contributed by atoms with van der Waals surface area (Å²) in [5.41, 5.74) is 6.14. The number of fused-ring (bicyclic) bond motifs is 1. The van der Waals surface area contributed by atoms with Crippen LogP contribution < -0.4 is 4.74 Å². The SMILES string of the molecule is COc1ccc(Br)cc1-c1ccc(CN2CCc3nc(-c4cncnc4)ncc3C2)cn1. The van der Waals surface area contributed by atoms with Gasteiger partial charge in [-0.1, -0.05) is 22.0 Å². The van der Waals surface area contributed by atoms with Crippen molar-refractivity contribution in [1.29, 1.82) is 0 Å². The van der Waals surface area contributed by atoms with E-state index < -0.39 is 0 Å². The first-order valence-corrected chi connectivity index (χ1v) is 11.1. The topological polar surface area (TPSA) is 76.9 Å². The van der Waals surface area contributed by atoms with E-state index >= 15 is 0 Å². The van der Waals surface area contributed by atoms with E-state index in [1.807, 2.05) is 30.6 Å². The van der Waals surface area contributed by atoms with Crippen molar-refractivity contribution in [2.75, 3.05) is 13.7 Å². The van der Waals surface area contributed by atoms with Gasteiger partial charge in [-0.15, -0.1) is 0 Å². The highest BCUT2D eigenvalue weighted by molar-refractivity contribution is 9.10. The summed E-state index contributed by atoms with van der Waals surface area (Å²) in [5.74, 6) is 1.49. The second kappa shape index (κ2) is 9.10. The average Bonchev–Trinajstić information content (AvgIpc) is 2.85. The predicted octanol–water partition coefficient (Wildman–Crippen LogP) is 4.33. The Morgan fingerprint density at radius 1 is 1.03 bits per heavy atom. The molecule has 0 aliphatic carbocycles. The van der Waals surface area contributed by atoms with E-state index in [-0.39, 0.29) is 0 Å². The van der Waals surface area contributed by atoms with Crippen molar-refractivity contribution in [3.05, 3.63) is 82.7 Å². The molecule has 0 N–H and O–H groups in total. The molecule has 0 amide bonds. The number of pyridine rings is 1. The highest BCUT2D eigenvalue weighted by Gasteiger charge is 2.19. The molecule has 1 aliphatic rings. The van der Waals surface area contributed by atoms with Crippen LogP contribution in [-0.4, -0.2) is 43.5 Å². The van der Waals surface area contributed by atoms with Crippen LogP contribution in [0.2, 0.25) is 0 Å². The summed E-state index contributed by atoms with van der Waals surface area (Å²) in [6.45, 7) is 2.59. The molecule has 0 atom stereocenters. The lowest BCUT2D eigenvalue weighted by molar-refractivity contribution is 0.242. The van der Waals surface area contributed by atoms with Gasteiger partial charge in [0.25, 0.3) is 0 Å². The quantitative estimate of drug-likeness (QED) is 0.413. The fourth-order valence-electron chi connectivity index (χ4n) is 3.88. The Kier molecular flexibility index (Phi) is 5.87. The molecule has 1 aromatic carbocycles. The zero-order valence-corrected chi connectivity index (χ0v) is 19.2. The van der Waals surface area contributed by atoms with Crippen LogP contribution in [0.4, 0.5) is 0 Å². The second-order valence-electron chi connectivity index (χ2n) is 7.65. The molecule has 32 heavy (non-hydrogen) atoms. The van der Waals surface area contributed by atoms with Crippen molar-refractivity contribution >= 4 is 15.9 Å². The molecule has 4 aromatic rings. The number of nitrogens with zero attached hydrogens (tertiary/aromatic N) is 6. The molecule has 0 radical (unpaired) electrons. The number of methoxy groups -OCH3 is 1. The summed E-state index contributed by atoms with van der Waals surface area (Å²) in [5, 5.41) is 0. The van der Waals surface area contributed by atoms with Crippen molar-refractivity contribution in [2.45, 2.75) is 19.5 Å². The summed E-state index contributed by atoms with van der Waals surface area (Å²) in [6, 6.07) is 10.1. The molecular weight excluding hydrogens is 468 g/mol. The number of hydrogen-bond donors (Lipinski definition) is 0. The Hall–Kier alpha value is -3.23. The number of hydrogen-bond acceptors (Lipinski definition) is 7. The smallest absolute Gasteiger partial charge is 0.162 e. The van der Waals surface area contributed by atoms with E-state index in [0.29, 0.717) is 5.82 Å². The summed E-state index contributed by atoms with van der Waals surface area (Å²) < 4.78 is 6.49. The third-order valence-corrected chi connectivity index (χ3v) is 5.99. The zero-order valence-electron chi connectivity index (χ0n) is 17.6. The van der Waals surface area contributed by atoms with Crippen molar-refractivity contribution in [3.63, 3.8) is 0 Å². The van der Waals surface area contributed by atoms with Crippen LogP contribution >= 0.6 is 15.9 Å². The second-order valence-corrected chi connectivity index (χ2v) is 8.57. The molecule has 0 saturated heterocycles. The lowest BCUT2D eigenvalue weighted by atomic mass is 10.1. The minimum Gasteiger partial charge on any atom is -0.496 e. The number of aromatic nitrogens is 5. The molecule has 3 aromatic heterocycles. The highest BCUT2D eigenvalue weighted by atomic mass is 79.9. The molecule has 0 unspecified atom stereocenters. The van der Waals surface area contributed by atoms with Gasteiger partial charge in [-0.05, 0) is 29.8 Å². The van der Waals surface area contributed by atoms with Crippen LogP contribution in [0, 0.1) is 0 Å². The monoisotopic (exact) mass is 488 g/mol. The molecule has 7 nitrogen and oxygen atoms in total. The van der Waals surface area contributed by atoms with E-state index in [9.17, 15) is 0 Å². The van der Waals surface area contributed by atoms with Gasteiger partial charge in [-0.3, -0.25) is 9.88 Å². The van der Waals surface area contributed by atoms with Crippen molar-refractivity contribution < 1.29 is 4.74 Å². The summed E-state index contributed by atoms with van der Waals surface area (Å²) in [7, 11) is 1.68. The Bertz CT molecular complexity index is 1230. The van der Waals surface area contributed by atoms with Crippen molar-refractivity contribution in [3.8, 4) is 28.4 Å². The average molecular weight is 489 g/mol. The largest absolute Gasteiger partial charge is 0.496 e. The minimum absolute atomic E-state index is 0.681. The molecular formula is C24H21BrN6O. The highest BCUT2D eigenvalue weighted by Crippen LogP contribution is 2.31. The summed E-state index contributed by atoms with van der Waals surface area (Å²) >= 11 is 3.53. The Morgan fingerprint density at radius 2 is 1.91 bits per heavy atom. The van der Waals surface area contributed by atoms with E-state index in [0.717, 1.165) is 58.8 Å². The maximum Gasteiger partial charge on any atom is 0.162 e. The Labute approximate surface area is 194 Å². The fraction of sp³-hybridized carbons (Fsp3) is 0.208. The Morgan fingerprint density at radius 3 is 2.69 bits per heavy atom. The first-order valence-electron chi connectivity index (χ1n) is 10.3. The van der Waals surface area contributed by atoms with E-state index in [4.69, 9.17) is 9.72 Å². The number of ether oxygens (including phenoxy) is 1. The van der Waals surface area contributed by atoms with Crippen molar-refractivity contribution in [2.24, 2.45) is 0 Å². The van der Waals surface area contributed by atoms with E-state index in [2.05, 4.69) is 52.9 Å². The summed E-state index contributed by atoms with van der Waals surface area (Å²) in [6.07, 6.45) is 9.75. The van der Waals surface area contributed by atoms with Crippen LogP contribution in [-0.2, 0) is 19.5 Å². The van der Waals surface area contributed by atoms with Gasteiger partial charge in [-0.25, -0.2) is 19.9 Å². The lowest BCUT2D eigenvalue weighted by Crippen LogP contribution is -2.31. The van der Waals surface area contributed by atoms with Gasteiger partial charge in [0, 0.05) is 66.4 Å². The molecule has 5 rings (SSSR count). The van der Waals surface area contributed by atoms with Crippen LogP contribution in [0.1, 0.15) is 16.8 Å². The van der Waals surface area contributed by atoms with Gasteiger partial charge in [0.15, 0.2) is 5.82 Å². The lowest BCUT2D eigenvalue weighted by Gasteiger charge is -2.28. The van der Waals surface area contributed by atoms with Crippen LogP contribution in [0.3, 0.4) is 0 Å². The summed E-state index contributed by atoms with van der Waals surface area (Å²) in [4.78, 5) is 24.5. The number of benzene rings is 1. The first kappa shape index (κ1) is 20.7. The third-order valence-electron chi connectivity index (χ3n) is 5.50. The van der Waals surface area contributed by atoms with E-state index in [1.165, 1.54) is 17.5 Å². The predicted molar refractivity (Wildman–Crippen MR) is 125 cm³/mol. The maximum atomic E-state index is 5.49. The molecule has 4 heterocycles. The number of rotatable bonds is 5. The fourth-order valence-corrected chi connectivity index (χ4v) is 4.24. The normalized spacial score (nSPS) is 13.6. The van der Waals surface area contributed by atoms with Crippen LogP contribution in [0.5, 0.6) is 5.75 Å². The van der Waals surface area contributed by atoms with Gasteiger partial charge in [0.05, 0.1) is 24.1 Å². The molecule has 0 saturated carbocycles. The zero-order chi connectivity index (χ0) is 21.9. The van der Waals surface area contributed by atoms with E-state index in [1.54, 1.807) is 19.5 Å². The van der Waals surface area contributed by atoms with Gasteiger partial charge in [0.1, 0.15) is 12.1 Å². The van der Waals surface area contributed by atoms with Crippen LogP contribution in [0.25, 0.3) is 22.6 Å². The molecule has 1 aliphatic heterocycles. The van der Waals surface area contributed by atoms with Gasteiger partial charge in [0.2, 0.25) is 0 Å². The molecule has 0 fully saturated rings. The molecule has 8 heteroatoms. The standard InChI is InChI=1S/C24H21BrN6O/c1-32-23-5-3-19(25)8-20(23)22-4-2-16(9-28-22)13-31-7-6-21-18(14-31)12-29-24(30-21)17-10-26-15-27-11-17/h2-5,8-12,15H,6-7,13-14H2,1H3.